The molecule has 2 aliphatic heterocycles. The third-order valence-corrected chi connectivity index (χ3v) is 11.1. The molecule has 2 N–H and O–H groups in total. The Morgan fingerprint density at radius 1 is 1.12 bits per heavy atom. The fourth-order valence-electron chi connectivity index (χ4n) is 5.71. The molecule has 0 amide bonds. The molecule has 0 saturated carbocycles. The van der Waals surface area contributed by atoms with E-state index in [9.17, 15) is 26.7 Å². The average Bonchev–Trinajstić information content (AvgIpc) is 3.37. The van der Waals surface area contributed by atoms with Gasteiger partial charge >= 0.3 is 0 Å². The first kappa shape index (κ1) is 30.6. The van der Waals surface area contributed by atoms with Crippen LogP contribution in [-0.4, -0.2) is 87.7 Å². The summed E-state index contributed by atoms with van der Waals surface area (Å²) in [6.07, 6.45) is 3.42. The standard InChI is InChI=1S/C29H37N3O8S2/c1-3-31-18-27(28(34)25-9-4-5-10-26(25)31)42(37,38)32-13-11-29(12-14-32)16-21(19-40-29)30-17-22(33)20-39-23-7-6-8-24(15-23)41(2,35)36/h4-10,15,18,21-22,30,33H,3,11-14,16-17,19-20H2,1-2H3/t21-,22+/m0/s1. The van der Waals surface area contributed by atoms with Crippen molar-refractivity contribution >= 4 is 30.8 Å². The number of nitrogens with one attached hydrogen (secondary N) is 1. The zero-order valence-electron chi connectivity index (χ0n) is 23.7. The summed E-state index contributed by atoms with van der Waals surface area (Å²) in [7, 11) is -7.35. The Bertz CT molecular complexity index is 1710. The van der Waals surface area contributed by atoms with Crippen LogP contribution in [0.3, 0.4) is 0 Å². The number of sulfonamides is 1. The molecule has 11 nitrogen and oxygen atoms in total. The summed E-state index contributed by atoms with van der Waals surface area (Å²) in [5.41, 5.74) is -0.246. The lowest BCUT2D eigenvalue weighted by molar-refractivity contribution is -0.0312. The van der Waals surface area contributed by atoms with Crippen LogP contribution < -0.4 is 15.5 Å². The smallest absolute Gasteiger partial charge is 0.248 e. The molecule has 228 valence electrons. The van der Waals surface area contributed by atoms with Gasteiger partial charge in [-0.25, -0.2) is 16.8 Å². The van der Waals surface area contributed by atoms with Gasteiger partial charge in [0, 0.05) is 50.1 Å². The third kappa shape index (κ3) is 6.41. The van der Waals surface area contributed by atoms with Gasteiger partial charge in [0.2, 0.25) is 15.5 Å². The first-order valence-corrected chi connectivity index (χ1v) is 17.4. The van der Waals surface area contributed by atoms with E-state index >= 15 is 0 Å². The highest BCUT2D eigenvalue weighted by Gasteiger charge is 2.45. The molecule has 0 aliphatic carbocycles. The lowest BCUT2D eigenvalue weighted by atomic mass is 9.88. The number of aryl methyl sites for hydroxylation is 1. The van der Waals surface area contributed by atoms with Crippen molar-refractivity contribution in [3.05, 3.63) is 65.0 Å². The van der Waals surface area contributed by atoms with Crippen LogP contribution in [0.4, 0.5) is 0 Å². The Morgan fingerprint density at radius 2 is 1.86 bits per heavy atom. The highest BCUT2D eigenvalue weighted by atomic mass is 32.2. The van der Waals surface area contributed by atoms with E-state index in [0.29, 0.717) is 49.1 Å². The average molecular weight is 620 g/mol. The van der Waals surface area contributed by atoms with Crippen LogP contribution in [-0.2, 0) is 31.1 Å². The summed E-state index contributed by atoms with van der Waals surface area (Å²) in [5, 5.41) is 14.1. The Kier molecular flexibility index (Phi) is 8.80. The van der Waals surface area contributed by atoms with E-state index in [2.05, 4.69) is 5.32 Å². The molecule has 42 heavy (non-hydrogen) atoms. The number of ether oxygens (including phenoxy) is 2. The molecule has 2 atom stereocenters. The van der Waals surface area contributed by atoms with Gasteiger partial charge in [-0.05, 0) is 56.5 Å². The van der Waals surface area contributed by atoms with Gasteiger partial charge in [-0.2, -0.15) is 4.31 Å². The number of sulfone groups is 1. The number of aliphatic hydroxyl groups excluding tert-OH is 1. The first-order valence-electron chi connectivity index (χ1n) is 14.0. The highest BCUT2D eigenvalue weighted by molar-refractivity contribution is 7.90. The minimum atomic E-state index is -3.99. The van der Waals surface area contributed by atoms with Gasteiger partial charge in [-0.3, -0.25) is 4.79 Å². The van der Waals surface area contributed by atoms with Crippen molar-refractivity contribution in [2.24, 2.45) is 0 Å². The van der Waals surface area contributed by atoms with Crippen LogP contribution in [0.25, 0.3) is 10.9 Å². The quantitative estimate of drug-likeness (QED) is 0.347. The van der Waals surface area contributed by atoms with Crippen molar-refractivity contribution in [2.45, 2.75) is 60.3 Å². The number of aliphatic hydroxyl groups is 1. The van der Waals surface area contributed by atoms with Crippen LogP contribution in [0.15, 0.2) is 69.3 Å². The number of fused-ring (bicyclic) bond motifs is 1. The number of nitrogens with zero attached hydrogens (tertiary/aromatic N) is 2. The van der Waals surface area contributed by atoms with Gasteiger partial charge in [0.05, 0.1) is 22.6 Å². The zero-order chi connectivity index (χ0) is 30.1. The number of hydrogen-bond acceptors (Lipinski definition) is 9. The second-order valence-electron chi connectivity index (χ2n) is 11.0. The lowest BCUT2D eigenvalue weighted by Gasteiger charge is -2.38. The van der Waals surface area contributed by atoms with E-state index in [1.165, 1.54) is 22.6 Å². The van der Waals surface area contributed by atoms with Gasteiger partial charge < -0.3 is 24.5 Å². The molecule has 3 heterocycles. The molecule has 2 fully saturated rings. The molecule has 3 aromatic rings. The zero-order valence-corrected chi connectivity index (χ0v) is 25.4. The van der Waals surface area contributed by atoms with E-state index in [1.54, 1.807) is 28.8 Å². The minimum Gasteiger partial charge on any atom is -0.491 e. The monoisotopic (exact) mass is 619 g/mol. The molecule has 2 aliphatic rings. The maximum absolute atomic E-state index is 13.6. The summed E-state index contributed by atoms with van der Waals surface area (Å²) < 4.78 is 65.6. The molecule has 0 radical (unpaired) electrons. The van der Waals surface area contributed by atoms with Gasteiger partial charge in [-0.15, -0.1) is 0 Å². The van der Waals surface area contributed by atoms with E-state index in [-0.39, 0.29) is 42.1 Å². The molecule has 2 aromatic carbocycles. The number of para-hydroxylation sites is 1. The topological polar surface area (TPSA) is 144 Å². The first-order chi connectivity index (χ1) is 19.9. The molecular formula is C29H37N3O8S2. The van der Waals surface area contributed by atoms with Crippen LogP contribution in [0.1, 0.15) is 26.2 Å². The molecule has 0 unspecified atom stereocenters. The van der Waals surface area contributed by atoms with Crippen molar-refractivity contribution in [3.63, 3.8) is 0 Å². The fourth-order valence-corrected chi connectivity index (χ4v) is 7.91. The highest BCUT2D eigenvalue weighted by Crippen LogP contribution is 2.37. The van der Waals surface area contributed by atoms with Crippen LogP contribution >= 0.6 is 0 Å². The number of piperidine rings is 1. The summed E-state index contributed by atoms with van der Waals surface area (Å²) in [6.45, 7) is 3.61. The minimum absolute atomic E-state index is 0.0136. The Labute approximate surface area is 246 Å². The number of benzene rings is 2. The summed E-state index contributed by atoms with van der Waals surface area (Å²) >= 11 is 0. The normalized spacial score (nSPS) is 20.2. The predicted octanol–water partition coefficient (Wildman–Crippen LogP) is 1.77. The maximum Gasteiger partial charge on any atom is 0.248 e. The van der Waals surface area contributed by atoms with Crippen LogP contribution in [0.5, 0.6) is 5.75 Å². The second-order valence-corrected chi connectivity index (χ2v) is 15.0. The van der Waals surface area contributed by atoms with Gasteiger partial charge in [0.15, 0.2) is 9.84 Å². The molecule has 0 bridgehead atoms. The Hall–Kier alpha value is -2.81. The molecular weight excluding hydrogens is 582 g/mol. The lowest BCUT2D eigenvalue weighted by Crippen LogP contribution is -2.47. The maximum atomic E-state index is 13.6. The van der Waals surface area contributed by atoms with E-state index < -0.39 is 37.0 Å². The van der Waals surface area contributed by atoms with Crippen LogP contribution in [0, 0.1) is 0 Å². The van der Waals surface area contributed by atoms with Crippen molar-refractivity contribution in [1.29, 1.82) is 0 Å². The largest absolute Gasteiger partial charge is 0.491 e. The molecule has 13 heteroatoms. The summed E-state index contributed by atoms with van der Waals surface area (Å²) in [4.78, 5) is 13.1. The third-order valence-electron chi connectivity index (χ3n) is 8.07. The second kappa shape index (κ2) is 12.1. The van der Waals surface area contributed by atoms with Crippen molar-refractivity contribution in [3.8, 4) is 5.75 Å². The van der Waals surface area contributed by atoms with E-state index in [1.807, 2.05) is 19.1 Å². The van der Waals surface area contributed by atoms with Gasteiger partial charge in [0.25, 0.3) is 0 Å². The summed E-state index contributed by atoms with van der Waals surface area (Å²) in [5.74, 6) is 0.360. The van der Waals surface area contributed by atoms with Crippen molar-refractivity contribution in [2.75, 3.05) is 39.1 Å². The fraction of sp³-hybridized carbons (Fsp3) is 0.483. The molecule has 1 aromatic heterocycles. The number of pyridine rings is 1. The SMILES string of the molecule is CCn1cc(S(=O)(=O)N2CCC3(CC2)C[C@H](NC[C@@H](O)COc2cccc(S(C)(=O)=O)c2)CO3)c(=O)c2ccccc21. The molecule has 2 saturated heterocycles. The number of rotatable bonds is 10. The van der Waals surface area contributed by atoms with Gasteiger partial charge in [-0.1, -0.05) is 18.2 Å². The van der Waals surface area contributed by atoms with E-state index in [0.717, 1.165) is 6.26 Å². The molecule has 1 spiro atoms. The number of aromatic nitrogens is 1. The van der Waals surface area contributed by atoms with E-state index in [4.69, 9.17) is 9.47 Å². The van der Waals surface area contributed by atoms with Crippen molar-refractivity contribution in [1.82, 2.24) is 14.2 Å². The van der Waals surface area contributed by atoms with Crippen LogP contribution in [0.2, 0.25) is 0 Å². The number of hydrogen-bond donors (Lipinski definition) is 2. The van der Waals surface area contributed by atoms with Crippen molar-refractivity contribution < 1.29 is 31.4 Å². The predicted molar refractivity (Wildman–Crippen MR) is 158 cm³/mol. The Balaban J connectivity index is 1.15. The van der Waals surface area contributed by atoms with Gasteiger partial charge in [0.1, 0.15) is 23.4 Å². The molecule has 5 rings (SSSR count). The Morgan fingerprint density at radius 3 is 2.57 bits per heavy atom. The summed E-state index contributed by atoms with van der Waals surface area (Å²) in [6, 6.07) is 13.2.